The molecule has 1 spiro atoms. The van der Waals surface area contributed by atoms with Crippen LogP contribution in [-0.4, -0.2) is 60.8 Å². The Labute approximate surface area is 93.4 Å². The van der Waals surface area contributed by atoms with Gasteiger partial charge in [0.05, 0.1) is 0 Å². The van der Waals surface area contributed by atoms with Gasteiger partial charge in [-0.25, -0.2) is 0 Å². The fraction of sp³-hybridized carbons (Fsp3) is 1.00. The van der Waals surface area contributed by atoms with Crippen molar-refractivity contribution in [3.63, 3.8) is 0 Å². The van der Waals surface area contributed by atoms with Gasteiger partial charge < -0.3 is 9.64 Å². The third-order valence-corrected chi connectivity index (χ3v) is 3.88. The molecule has 0 bridgehead atoms. The first-order chi connectivity index (χ1) is 6.85. The van der Waals surface area contributed by atoms with Gasteiger partial charge in [0.25, 0.3) is 0 Å². The Bertz CT molecular complexity index is 238. The number of hydrogen-bond donors (Lipinski definition) is 0. The van der Waals surface area contributed by atoms with E-state index in [9.17, 15) is 0 Å². The first-order valence-electron chi connectivity index (χ1n) is 5.91. The average Bonchev–Trinajstić information content (AvgIpc) is 2.41. The third kappa shape index (κ3) is 1.81. The van der Waals surface area contributed by atoms with E-state index in [-0.39, 0.29) is 11.1 Å². The highest BCUT2D eigenvalue weighted by Gasteiger charge is 2.55. The molecule has 0 amide bonds. The van der Waals surface area contributed by atoms with Crippen molar-refractivity contribution in [3.8, 4) is 0 Å². The van der Waals surface area contributed by atoms with E-state index in [1.54, 1.807) is 0 Å². The van der Waals surface area contributed by atoms with E-state index in [0.717, 1.165) is 19.7 Å². The molecule has 2 aliphatic rings. The molecule has 0 aliphatic carbocycles. The summed E-state index contributed by atoms with van der Waals surface area (Å²) in [5.74, 6) is 0. The molecule has 2 fully saturated rings. The van der Waals surface area contributed by atoms with Gasteiger partial charge >= 0.3 is 0 Å². The summed E-state index contributed by atoms with van der Waals surface area (Å²) in [5, 5.41) is 0. The summed E-state index contributed by atoms with van der Waals surface area (Å²) in [6, 6.07) is 0.608. The second-order valence-corrected chi connectivity index (χ2v) is 6.21. The summed E-state index contributed by atoms with van der Waals surface area (Å²) in [6.07, 6.45) is 1.19. The lowest BCUT2D eigenvalue weighted by Gasteiger charge is -2.56. The Balaban J connectivity index is 2.01. The Hall–Kier alpha value is -0.120. The number of hydrogen-bond acceptors (Lipinski definition) is 3. The predicted octanol–water partition coefficient (Wildman–Crippen LogP) is 1.19. The van der Waals surface area contributed by atoms with Crippen molar-refractivity contribution in [2.24, 2.45) is 0 Å². The Morgan fingerprint density at radius 2 is 1.87 bits per heavy atom. The summed E-state index contributed by atoms with van der Waals surface area (Å²) in [7, 11) is 4.34. The zero-order chi connectivity index (χ0) is 11.3. The summed E-state index contributed by atoms with van der Waals surface area (Å²) in [4.78, 5) is 4.84. The van der Waals surface area contributed by atoms with Crippen LogP contribution >= 0.6 is 0 Å². The summed E-state index contributed by atoms with van der Waals surface area (Å²) in [6.45, 7) is 9.96. The zero-order valence-electron chi connectivity index (χ0n) is 10.7. The predicted molar refractivity (Wildman–Crippen MR) is 62.1 cm³/mol. The highest BCUT2D eigenvalue weighted by Crippen LogP contribution is 2.40. The molecule has 0 aromatic rings. The van der Waals surface area contributed by atoms with Gasteiger partial charge in [-0.3, -0.25) is 4.90 Å². The van der Waals surface area contributed by atoms with E-state index in [0.29, 0.717) is 6.04 Å². The van der Waals surface area contributed by atoms with E-state index in [1.165, 1.54) is 6.42 Å². The molecule has 2 aliphatic heterocycles. The quantitative estimate of drug-likeness (QED) is 0.649. The zero-order valence-corrected chi connectivity index (χ0v) is 10.7. The van der Waals surface area contributed by atoms with Gasteiger partial charge in [-0.15, -0.1) is 0 Å². The maximum absolute atomic E-state index is 5.99. The highest BCUT2D eigenvalue weighted by atomic mass is 16.5. The highest BCUT2D eigenvalue weighted by molar-refractivity contribution is 5.10. The van der Waals surface area contributed by atoms with Crippen LogP contribution in [0.3, 0.4) is 0 Å². The molecular weight excluding hydrogens is 188 g/mol. The van der Waals surface area contributed by atoms with Crippen LogP contribution in [0.4, 0.5) is 0 Å². The van der Waals surface area contributed by atoms with Crippen LogP contribution in [-0.2, 0) is 4.74 Å². The van der Waals surface area contributed by atoms with Crippen molar-refractivity contribution in [1.29, 1.82) is 0 Å². The van der Waals surface area contributed by atoms with E-state index in [4.69, 9.17) is 4.74 Å². The van der Waals surface area contributed by atoms with E-state index < -0.39 is 0 Å². The van der Waals surface area contributed by atoms with Crippen LogP contribution in [0, 0.1) is 0 Å². The molecule has 2 rings (SSSR count). The molecule has 2 saturated heterocycles. The second kappa shape index (κ2) is 3.44. The SMILES string of the molecule is CN(C)[C@H]1CCOC12CN(C(C)(C)C)C2. The maximum atomic E-state index is 5.99. The minimum atomic E-state index is 0.136. The molecule has 3 heteroatoms. The van der Waals surface area contributed by atoms with E-state index >= 15 is 0 Å². The lowest BCUT2D eigenvalue weighted by Crippen LogP contribution is -2.72. The Morgan fingerprint density at radius 3 is 2.33 bits per heavy atom. The van der Waals surface area contributed by atoms with Crippen molar-refractivity contribution >= 4 is 0 Å². The summed E-state index contributed by atoms with van der Waals surface area (Å²) >= 11 is 0. The lowest BCUT2D eigenvalue weighted by atomic mass is 9.82. The van der Waals surface area contributed by atoms with Gasteiger partial charge in [-0.2, -0.15) is 0 Å². The topological polar surface area (TPSA) is 15.7 Å². The standard InChI is InChI=1S/C12H24N2O/c1-11(2,3)14-8-12(9-14)10(13(4)5)6-7-15-12/h10H,6-9H2,1-5H3/t10-/m0/s1. The van der Waals surface area contributed by atoms with Crippen molar-refractivity contribution in [2.45, 2.75) is 44.4 Å². The molecule has 0 aromatic heterocycles. The number of likely N-dealkylation sites (N-methyl/N-ethyl adjacent to an activating group) is 1. The van der Waals surface area contributed by atoms with Crippen molar-refractivity contribution in [3.05, 3.63) is 0 Å². The normalized spacial score (nSPS) is 31.2. The van der Waals surface area contributed by atoms with Crippen molar-refractivity contribution < 1.29 is 4.74 Å². The molecular formula is C12H24N2O. The van der Waals surface area contributed by atoms with E-state index in [2.05, 4.69) is 44.7 Å². The van der Waals surface area contributed by atoms with Gasteiger partial charge in [-0.1, -0.05) is 0 Å². The van der Waals surface area contributed by atoms with Crippen LogP contribution in [0.5, 0.6) is 0 Å². The van der Waals surface area contributed by atoms with Crippen molar-refractivity contribution in [2.75, 3.05) is 33.8 Å². The molecule has 15 heavy (non-hydrogen) atoms. The first-order valence-corrected chi connectivity index (χ1v) is 5.91. The Kier molecular flexibility index (Phi) is 2.61. The molecule has 1 atom stereocenters. The summed E-state index contributed by atoms with van der Waals surface area (Å²) < 4.78 is 5.99. The first kappa shape index (κ1) is 11.4. The molecule has 0 aromatic carbocycles. The average molecular weight is 212 g/mol. The van der Waals surface area contributed by atoms with Crippen LogP contribution in [0.2, 0.25) is 0 Å². The number of ether oxygens (including phenoxy) is 1. The third-order valence-electron chi connectivity index (χ3n) is 3.88. The number of nitrogens with zero attached hydrogens (tertiary/aromatic N) is 2. The molecule has 88 valence electrons. The molecule has 0 unspecified atom stereocenters. The largest absolute Gasteiger partial charge is 0.371 e. The minimum Gasteiger partial charge on any atom is -0.371 e. The molecule has 2 heterocycles. The number of likely N-dealkylation sites (tertiary alicyclic amines) is 1. The van der Waals surface area contributed by atoms with Crippen LogP contribution in [0.1, 0.15) is 27.2 Å². The smallest absolute Gasteiger partial charge is 0.109 e. The lowest BCUT2D eigenvalue weighted by molar-refractivity contribution is -0.161. The fourth-order valence-electron chi connectivity index (χ4n) is 2.84. The molecule has 0 saturated carbocycles. The molecule has 0 N–H and O–H groups in total. The van der Waals surface area contributed by atoms with Gasteiger partial charge in [0.1, 0.15) is 5.60 Å². The minimum absolute atomic E-state index is 0.136. The van der Waals surface area contributed by atoms with Gasteiger partial charge in [0.2, 0.25) is 0 Å². The van der Waals surface area contributed by atoms with Gasteiger partial charge in [-0.05, 0) is 41.3 Å². The number of rotatable bonds is 1. The van der Waals surface area contributed by atoms with Crippen LogP contribution in [0.15, 0.2) is 0 Å². The maximum Gasteiger partial charge on any atom is 0.109 e. The van der Waals surface area contributed by atoms with Crippen molar-refractivity contribution in [1.82, 2.24) is 9.80 Å². The van der Waals surface area contributed by atoms with Gasteiger partial charge in [0.15, 0.2) is 0 Å². The van der Waals surface area contributed by atoms with Crippen LogP contribution < -0.4 is 0 Å². The second-order valence-electron chi connectivity index (χ2n) is 6.21. The Morgan fingerprint density at radius 1 is 1.27 bits per heavy atom. The molecule has 0 radical (unpaired) electrons. The van der Waals surface area contributed by atoms with Gasteiger partial charge in [0, 0.05) is 31.3 Å². The summed E-state index contributed by atoms with van der Waals surface area (Å²) in [5.41, 5.74) is 0.421. The fourth-order valence-corrected chi connectivity index (χ4v) is 2.84. The monoisotopic (exact) mass is 212 g/mol. The van der Waals surface area contributed by atoms with E-state index in [1.807, 2.05) is 0 Å². The molecule has 3 nitrogen and oxygen atoms in total. The van der Waals surface area contributed by atoms with Crippen LogP contribution in [0.25, 0.3) is 0 Å².